The van der Waals surface area contributed by atoms with Gasteiger partial charge in [0.15, 0.2) is 0 Å². The minimum Gasteiger partial charge on any atom is -0.870 e. The molecule has 0 unspecified atom stereocenters. The lowest BCUT2D eigenvalue weighted by Crippen LogP contribution is -2.39. The molecule has 0 aromatic heterocycles. The molecule has 4 rings (SSSR count). The quantitative estimate of drug-likeness (QED) is 0.561. The third-order valence-corrected chi connectivity index (χ3v) is 9.05. The summed E-state index contributed by atoms with van der Waals surface area (Å²) in [5.41, 5.74) is 0. The molecule has 1 N–H and O–H groups in total. The van der Waals surface area contributed by atoms with Crippen molar-refractivity contribution >= 4 is 28.5 Å². The van der Waals surface area contributed by atoms with Gasteiger partial charge in [-0.15, -0.1) is 0 Å². The first-order valence-corrected chi connectivity index (χ1v) is 10.6. The van der Waals surface area contributed by atoms with E-state index < -0.39 is 7.26 Å². The molecule has 0 aliphatic rings. The van der Waals surface area contributed by atoms with Crippen LogP contribution in [0.3, 0.4) is 0 Å². The summed E-state index contributed by atoms with van der Waals surface area (Å²) in [5, 5.41) is 27.0. The number of hydrogen-bond donors (Lipinski definition) is 1. The summed E-state index contributed by atoms with van der Waals surface area (Å²) in [6, 6.07) is 35.4. The lowest BCUT2D eigenvalue weighted by Gasteiger charge is -2.30. The van der Waals surface area contributed by atoms with Crippen LogP contribution in [0.15, 0.2) is 109 Å². The van der Waals surface area contributed by atoms with Crippen molar-refractivity contribution < 1.29 is 10.2 Å². The second kappa shape index (κ2) is 7.26. The molecule has 4 aromatic rings. The van der Waals surface area contributed by atoms with E-state index in [-0.39, 0.29) is 11.5 Å². The van der Waals surface area contributed by atoms with Gasteiger partial charge in [0.1, 0.15) is 34.2 Å². The van der Waals surface area contributed by atoms with Crippen LogP contribution >= 0.6 is 7.26 Å². The van der Waals surface area contributed by atoms with Crippen LogP contribution in [0.5, 0.6) is 11.5 Å². The van der Waals surface area contributed by atoms with Crippen molar-refractivity contribution in [1.29, 1.82) is 0 Å². The van der Waals surface area contributed by atoms with Gasteiger partial charge < -0.3 is 10.2 Å². The molecule has 0 aliphatic heterocycles. The largest absolute Gasteiger partial charge is 0.870 e. The van der Waals surface area contributed by atoms with Crippen molar-refractivity contribution in [3.63, 3.8) is 0 Å². The molecule has 0 saturated carbocycles. The van der Waals surface area contributed by atoms with E-state index in [2.05, 4.69) is 36.4 Å². The van der Waals surface area contributed by atoms with Gasteiger partial charge in [0, 0.05) is 0 Å². The number of hydrogen-bond acceptors (Lipinski definition) is 2. The van der Waals surface area contributed by atoms with Crippen molar-refractivity contribution in [1.82, 2.24) is 0 Å². The molecule has 0 atom stereocenters. The second-order valence-corrected chi connectivity index (χ2v) is 9.70. The van der Waals surface area contributed by atoms with Crippen molar-refractivity contribution in [2.75, 3.05) is 0 Å². The predicted molar refractivity (Wildman–Crippen MR) is 112 cm³/mol. The molecular formula is C24H19O2P. The molecule has 0 aliphatic carbocycles. The number of aromatic hydroxyl groups is 1. The van der Waals surface area contributed by atoms with E-state index in [1.807, 2.05) is 54.6 Å². The Morgan fingerprint density at radius 1 is 0.556 bits per heavy atom. The number of phenols is 1. The molecule has 2 nitrogen and oxygen atoms in total. The molecule has 0 bridgehead atoms. The fourth-order valence-corrected chi connectivity index (χ4v) is 7.88. The maximum Gasteiger partial charge on any atom is 0.143 e. The predicted octanol–water partition coefficient (Wildman–Crippen LogP) is 3.09. The number of benzene rings is 4. The highest BCUT2D eigenvalue weighted by molar-refractivity contribution is 8.01. The Balaban J connectivity index is 2.16. The summed E-state index contributed by atoms with van der Waals surface area (Å²) in [6.07, 6.45) is 0. The zero-order chi connectivity index (χ0) is 18.7. The minimum atomic E-state index is -2.39. The zero-order valence-corrected chi connectivity index (χ0v) is 15.6. The van der Waals surface area contributed by atoms with Crippen molar-refractivity contribution in [2.45, 2.75) is 0 Å². The lowest BCUT2D eigenvalue weighted by atomic mass is 10.3. The molecule has 4 aromatic carbocycles. The Kier molecular flexibility index (Phi) is 4.66. The van der Waals surface area contributed by atoms with Crippen molar-refractivity contribution in [2.24, 2.45) is 0 Å². The Bertz CT molecular complexity index is 935. The van der Waals surface area contributed by atoms with Gasteiger partial charge in [-0.05, 0) is 54.6 Å². The number of phenolic OH excluding ortho intramolecular Hbond substituents is 1. The lowest BCUT2D eigenvalue weighted by molar-refractivity contribution is -0.266. The highest BCUT2D eigenvalue weighted by Gasteiger charge is 2.48. The first-order chi connectivity index (χ1) is 13.2. The van der Waals surface area contributed by atoms with Crippen LogP contribution in [0.4, 0.5) is 0 Å². The highest BCUT2D eigenvalue weighted by Crippen LogP contribution is 2.55. The molecule has 0 radical (unpaired) electrons. The monoisotopic (exact) mass is 370 g/mol. The first kappa shape index (κ1) is 17.3. The summed E-state index contributed by atoms with van der Waals surface area (Å²) in [6.45, 7) is 0. The summed E-state index contributed by atoms with van der Waals surface area (Å²) < 4.78 is 0. The molecular weight excluding hydrogens is 351 g/mol. The Hall–Kier alpha value is -3.09. The maximum atomic E-state index is 13.1. The second-order valence-electron chi connectivity index (χ2n) is 6.33. The highest BCUT2D eigenvalue weighted by atomic mass is 31.2. The van der Waals surface area contributed by atoms with Crippen LogP contribution in [0.1, 0.15) is 0 Å². The molecule has 0 heterocycles. The first-order valence-electron chi connectivity index (χ1n) is 8.79. The van der Waals surface area contributed by atoms with E-state index >= 15 is 0 Å². The zero-order valence-electron chi connectivity index (χ0n) is 14.7. The molecule has 0 fully saturated rings. The van der Waals surface area contributed by atoms with Gasteiger partial charge in [-0.1, -0.05) is 60.3 Å². The third-order valence-electron chi connectivity index (χ3n) is 4.74. The molecule has 0 saturated heterocycles. The van der Waals surface area contributed by atoms with Crippen molar-refractivity contribution in [3.8, 4) is 11.5 Å². The van der Waals surface area contributed by atoms with E-state index in [0.29, 0.717) is 0 Å². The number of rotatable bonds is 4. The van der Waals surface area contributed by atoms with Crippen LogP contribution in [0.25, 0.3) is 0 Å². The molecule has 0 spiro atoms. The van der Waals surface area contributed by atoms with Gasteiger partial charge in [-0.25, -0.2) is 0 Å². The van der Waals surface area contributed by atoms with Crippen LogP contribution < -0.4 is 26.3 Å². The molecule has 27 heavy (non-hydrogen) atoms. The van der Waals surface area contributed by atoms with E-state index in [4.69, 9.17) is 0 Å². The third kappa shape index (κ3) is 2.99. The summed E-state index contributed by atoms with van der Waals surface area (Å²) in [7, 11) is -2.39. The average molecular weight is 370 g/mol. The average Bonchev–Trinajstić information content (AvgIpc) is 2.72. The van der Waals surface area contributed by atoms with E-state index in [9.17, 15) is 10.2 Å². The van der Waals surface area contributed by atoms with Gasteiger partial charge >= 0.3 is 0 Å². The topological polar surface area (TPSA) is 43.3 Å². The molecule has 3 heteroatoms. The van der Waals surface area contributed by atoms with Crippen molar-refractivity contribution in [3.05, 3.63) is 109 Å². The minimum absolute atomic E-state index is 0.00367. The smallest absolute Gasteiger partial charge is 0.143 e. The van der Waals surface area contributed by atoms with Gasteiger partial charge in [0.05, 0.1) is 0 Å². The summed E-state index contributed by atoms with van der Waals surface area (Å²) in [5.74, 6) is -0.143. The van der Waals surface area contributed by atoms with Gasteiger partial charge in [0.25, 0.3) is 0 Å². The van der Waals surface area contributed by atoms with Crippen LogP contribution in [0.2, 0.25) is 0 Å². The van der Waals surface area contributed by atoms with Crippen LogP contribution in [-0.2, 0) is 0 Å². The Morgan fingerprint density at radius 3 is 1.33 bits per heavy atom. The summed E-state index contributed by atoms with van der Waals surface area (Å²) in [4.78, 5) is 0. The SMILES string of the molecule is [O-]c1cc(O)ccc1[P+](c1ccccc1)(c1ccccc1)c1ccccc1. The molecule has 0 amide bonds. The van der Waals surface area contributed by atoms with Gasteiger partial charge in [0.2, 0.25) is 0 Å². The van der Waals surface area contributed by atoms with Crippen LogP contribution in [-0.4, -0.2) is 5.11 Å². The summed E-state index contributed by atoms with van der Waals surface area (Å²) >= 11 is 0. The fourth-order valence-electron chi connectivity index (χ4n) is 3.60. The van der Waals surface area contributed by atoms with E-state index in [0.717, 1.165) is 21.2 Å². The fraction of sp³-hybridized carbons (Fsp3) is 0. The van der Waals surface area contributed by atoms with E-state index in [1.165, 1.54) is 6.07 Å². The van der Waals surface area contributed by atoms with Gasteiger partial charge in [-0.3, -0.25) is 0 Å². The van der Waals surface area contributed by atoms with E-state index in [1.54, 1.807) is 12.1 Å². The Morgan fingerprint density at radius 2 is 0.963 bits per heavy atom. The van der Waals surface area contributed by atoms with Crippen LogP contribution in [0, 0.1) is 0 Å². The Labute approximate surface area is 159 Å². The molecule has 132 valence electrons. The van der Waals surface area contributed by atoms with Gasteiger partial charge in [-0.2, -0.15) is 0 Å². The standard InChI is InChI=1S/C24H19O2P/c25-19-16-17-24(23(26)18-19)27(20-10-4-1-5-11-20,21-12-6-2-7-13-21)22-14-8-3-9-15-22/h1-18H,(H-,25,26). The maximum absolute atomic E-state index is 13.1. The normalized spacial score (nSPS) is 11.3.